The van der Waals surface area contributed by atoms with Gasteiger partial charge in [0.05, 0.1) is 0 Å². The summed E-state index contributed by atoms with van der Waals surface area (Å²) >= 11 is 0. The van der Waals surface area contributed by atoms with Crippen LogP contribution in [0.4, 0.5) is 4.79 Å². The van der Waals surface area contributed by atoms with E-state index >= 15 is 0 Å². The molecule has 2 aliphatic heterocycles. The minimum atomic E-state index is -0.535. The van der Waals surface area contributed by atoms with Crippen molar-refractivity contribution in [1.29, 1.82) is 0 Å². The Labute approximate surface area is 126 Å². The highest BCUT2D eigenvalue weighted by atomic mass is 16.6. The second kappa shape index (κ2) is 5.81. The number of ether oxygens (including phenoxy) is 1. The number of nitrogens with zero attached hydrogens (tertiary/aromatic N) is 3. The molecule has 2 N–H and O–H groups in total. The quantitative estimate of drug-likeness (QED) is 0.758. The zero-order chi connectivity index (χ0) is 15.8. The monoisotopic (exact) mass is 298 g/mol. The number of hydrogen-bond donors (Lipinski definition) is 1. The lowest BCUT2D eigenvalue weighted by molar-refractivity contribution is -0.129. The van der Waals surface area contributed by atoms with Gasteiger partial charge in [-0.25, -0.2) is 4.79 Å². The fraction of sp³-hybridized carbons (Fsp3) is 0.857. The molecule has 1 unspecified atom stereocenters. The molecule has 2 rings (SSSR count). The number of likely N-dealkylation sites (N-methyl/N-ethyl adjacent to an activating group) is 1. The Morgan fingerprint density at radius 3 is 2.24 bits per heavy atom. The van der Waals surface area contributed by atoms with Crippen molar-refractivity contribution in [3.63, 3.8) is 0 Å². The van der Waals surface area contributed by atoms with E-state index in [9.17, 15) is 9.59 Å². The van der Waals surface area contributed by atoms with E-state index in [4.69, 9.17) is 10.5 Å². The summed E-state index contributed by atoms with van der Waals surface area (Å²) in [6, 6.07) is -0.0711. The maximum atomic E-state index is 12.1. The topological polar surface area (TPSA) is 79.1 Å². The van der Waals surface area contributed by atoms with Gasteiger partial charge in [0, 0.05) is 38.8 Å². The van der Waals surface area contributed by atoms with Crippen LogP contribution in [0.15, 0.2) is 0 Å². The molecule has 2 aliphatic rings. The third-order valence-electron chi connectivity index (χ3n) is 3.92. The van der Waals surface area contributed by atoms with Crippen molar-refractivity contribution in [2.45, 2.75) is 38.5 Å². The number of rotatable bonds is 2. The van der Waals surface area contributed by atoms with Gasteiger partial charge in [-0.3, -0.25) is 9.69 Å². The first-order valence-electron chi connectivity index (χ1n) is 7.39. The fourth-order valence-corrected chi connectivity index (χ4v) is 2.86. The van der Waals surface area contributed by atoms with Crippen molar-refractivity contribution in [2.75, 3.05) is 39.8 Å². The number of piperazine rings is 1. The Hall–Kier alpha value is -1.34. The highest BCUT2D eigenvalue weighted by Crippen LogP contribution is 2.21. The van der Waals surface area contributed by atoms with Crippen LogP contribution in [0.1, 0.15) is 20.8 Å². The number of carbonyl (C=O) groups excluding carboxylic acids is 2. The molecule has 2 fully saturated rings. The zero-order valence-electron chi connectivity index (χ0n) is 13.3. The number of carbonyl (C=O) groups is 2. The van der Waals surface area contributed by atoms with Crippen LogP contribution in [-0.2, 0) is 9.53 Å². The average Bonchev–Trinajstić information content (AvgIpc) is 2.32. The van der Waals surface area contributed by atoms with Crippen molar-refractivity contribution in [1.82, 2.24) is 14.7 Å². The summed E-state index contributed by atoms with van der Waals surface area (Å²) in [4.78, 5) is 29.8. The number of hydrogen-bond acceptors (Lipinski definition) is 5. The minimum Gasteiger partial charge on any atom is -0.444 e. The van der Waals surface area contributed by atoms with Crippen LogP contribution in [0.5, 0.6) is 0 Å². The van der Waals surface area contributed by atoms with Crippen molar-refractivity contribution in [2.24, 2.45) is 5.73 Å². The fourth-order valence-electron chi connectivity index (χ4n) is 2.86. The molecule has 7 heteroatoms. The molecule has 0 aromatic heterocycles. The van der Waals surface area contributed by atoms with Crippen LogP contribution in [0.25, 0.3) is 0 Å². The first kappa shape index (κ1) is 16.0. The molecule has 120 valence electrons. The van der Waals surface area contributed by atoms with Gasteiger partial charge < -0.3 is 20.3 Å². The second-order valence-corrected chi connectivity index (χ2v) is 6.96. The van der Waals surface area contributed by atoms with Crippen molar-refractivity contribution < 1.29 is 14.3 Å². The molecule has 1 atom stereocenters. The predicted molar refractivity (Wildman–Crippen MR) is 78.8 cm³/mol. The van der Waals surface area contributed by atoms with Gasteiger partial charge in [-0.1, -0.05) is 0 Å². The van der Waals surface area contributed by atoms with Crippen molar-refractivity contribution in [3.05, 3.63) is 0 Å². The molecule has 0 spiro atoms. The summed E-state index contributed by atoms with van der Waals surface area (Å²) in [5, 5.41) is 0. The van der Waals surface area contributed by atoms with Crippen LogP contribution >= 0.6 is 0 Å². The Morgan fingerprint density at radius 2 is 1.76 bits per heavy atom. The summed E-state index contributed by atoms with van der Waals surface area (Å²) in [5.41, 5.74) is 4.99. The molecule has 7 nitrogen and oxygen atoms in total. The van der Waals surface area contributed by atoms with Crippen LogP contribution in [0, 0.1) is 0 Å². The van der Waals surface area contributed by atoms with Crippen LogP contribution < -0.4 is 5.73 Å². The molecule has 0 aromatic rings. The Morgan fingerprint density at radius 1 is 1.14 bits per heavy atom. The summed E-state index contributed by atoms with van der Waals surface area (Å²) in [7, 11) is 2.05. The molecular formula is C14H26N4O3. The van der Waals surface area contributed by atoms with E-state index in [1.54, 1.807) is 4.90 Å². The van der Waals surface area contributed by atoms with E-state index in [0.29, 0.717) is 25.7 Å². The van der Waals surface area contributed by atoms with E-state index in [-0.39, 0.29) is 12.0 Å². The van der Waals surface area contributed by atoms with Gasteiger partial charge in [0.15, 0.2) is 0 Å². The van der Waals surface area contributed by atoms with Crippen molar-refractivity contribution in [3.8, 4) is 0 Å². The highest BCUT2D eigenvalue weighted by molar-refractivity contribution is 5.81. The first-order chi connectivity index (χ1) is 9.67. The lowest BCUT2D eigenvalue weighted by Gasteiger charge is -2.49. The minimum absolute atomic E-state index is 0.310. The standard InChI is InChI=1S/C14H26N4O3/c1-14(2,3)21-13(20)17-5-6-18(10-7-16(4)8-10)11(9-17)12(15)19/h10-11H,5-9H2,1-4H3,(H2,15,19). The zero-order valence-corrected chi connectivity index (χ0v) is 13.3. The Bertz CT molecular complexity index is 415. The molecule has 0 aliphatic carbocycles. The maximum absolute atomic E-state index is 12.1. The third kappa shape index (κ3) is 3.85. The molecule has 0 aromatic carbocycles. The van der Waals surface area contributed by atoms with Gasteiger partial charge in [0.2, 0.25) is 5.91 Å². The Kier molecular flexibility index (Phi) is 4.43. The highest BCUT2D eigenvalue weighted by Gasteiger charge is 2.41. The largest absolute Gasteiger partial charge is 0.444 e. The normalized spacial score (nSPS) is 25.5. The first-order valence-corrected chi connectivity index (χ1v) is 7.39. The maximum Gasteiger partial charge on any atom is 0.410 e. The Balaban J connectivity index is 1.98. The lowest BCUT2D eigenvalue weighted by atomic mass is 10.0. The van der Waals surface area contributed by atoms with Gasteiger partial charge in [-0.2, -0.15) is 0 Å². The van der Waals surface area contributed by atoms with Gasteiger partial charge >= 0.3 is 6.09 Å². The number of likely N-dealkylation sites (tertiary alicyclic amines) is 1. The van der Waals surface area contributed by atoms with Gasteiger partial charge in [0.25, 0.3) is 0 Å². The van der Waals surface area contributed by atoms with Gasteiger partial charge in [0.1, 0.15) is 11.6 Å². The summed E-state index contributed by atoms with van der Waals surface area (Å²) in [6.07, 6.45) is -0.376. The lowest BCUT2D eigenvalue weighted by Crippen LogP contribution is -2.68. The molecule has 2 saturated heterocycles. The molecule has 0 radical (unpaired) electrons. The van der Waals surface area contributed by atoms with Crippen LogP contribution in [0.3, 0.4) is 0 Å². The van der Waals surface area contributed by atoms with Gasteiger partial charge in [-0.05, 0) is 27.8 Å². The number of nitrogens with two attached hydrogens (primary N) is 1. The molecule has 21 heavy (non-hydrogen) atoms. The molecule has 2 amide bonds. The summed E-state index contributed by atoms with van der Waals surface area (Å²) in [5.74, 6) is -0.377. The van der Waals surface area contributed by atoms with Gasteiger partial charge in [-0.15, -0.1) is 0 Å². The van der Waals surface area contributed by atoms with Crippen LogP contribution in [0.2, 0.25) is 0 Å². The van der Waals surface area contributed by atoms with E-state index in [1.165, 1.54) is 0 Å². The number of primary amides is 1. The van der Waals surface area contributed by atoms with Crippen LogP contribution in [-0.4, -0.2) is 84.2 Å². The van der Waals surface area contributed by atoms with E-state index in [0.717, 1.165) is 13.1 Å². The molecule has 0 saturated carbocycles. The smallest absolute Gasteiger partial charge is 0.410 e. The molecular weight excluding hydrogens is 272 g/mol. The predicted octanol–water partition coefficient (Wildman–Crippen LogP) is -0.293. The third-order valence-corrected chi connectivity index (χ3v) is 3.92. The van der Waals surface area contributed by atoms with E-state index < -0.39 is 11.6 Å². The van der Waals surface area contributed by atoms with E-state index in [2.05, 4.69) is 9.80 Å². The average molecular weight is 298 g/mol. The molecule has 0 bridgehead atoms. The second-order valence-electron chi connectivity index (χ2n) is 6.96. The SMILES string of the molecule is CN1CC(N2CCN(C(=O)OC(C)(C)C)CC2C(N)=O)C1. The summed E-state index contributed by atoms with van der Waals surface area (Å²) in [6.45, 7) is 8.91. The van der Waals surface area contributed by atoms with E-state index in [1.807, 2.05) is 27.8 Å². The van der Waals surface area contributed by atoms with Crippen molar-refractivity contribution >= 4 is 12.0 Å². The molecule has 2 heterocycles. The number of amides is 2. The summed E-state index contributed by atoms with van der Waals surface area (Å²) < 4.78 is 5.37.